The van der Waals surface area contributed by atoms with Gasteiger partial charge in [-0.05, 0) is 23.3 Å². The Morgan fingerprint density at radius 2 is 1.96 bits per heavy atom. The summed E-state index contributed by atoms with van der Waals surface area (Å²) in [5, 5.41) is 26.7. The molecule has 122 valence electrons. The van der Waals surface area contributed by atoms with Crippen LogP contribution in [0.4, 0.5) is 0 Å². The van der Waals surface area contributed by atoms with Gasteiger partial charge in [0.25, 0.3) is 0 Å². The largest absolute Gasteiger partial charge is 0.508 e. The fourth-order valence-electron chi connectivity index (χ4n) is 3.11. The molecule has 4 rings (SSSR count). The van der Waals surface area contributed by atoms with Gasteiger partial charge in [-0.25, -0.2) is 0 Å². The van der Waals surface area contributed by atoms with Gasteiger partial charge >= 0.3 is 0 Å². The maximum absolute atomic E-state index is 9.87. The number of rotatable bonds is 2. The van der Waals surface area contributed by atoms with Crippen LogP contribution < -0.4 is 10.5 Å². The molecule has 0 radical (unpaired) electrons. The Labute approximate surface area is 143 Å². The van der Waals surface area contributed by atoms with Crippen molar-refractivity contribution in [2.75, 3.05) is 0 Å². The molecule has 1 aliphatic heterocycles. The Bertz CT molecular complexity index is 1020. The summed E-state index contributed by atoms with van der Waals surface area (Å²) in [6.07, 6.45) is 0. The molecule has 0 saturated carbocycles. The van der Waals surface area contributed by atoms with Gasteiger partial charge in [-0.3, -0.25) is 5.10 Å². The van der Waals surface area contributed by atoms with Gasteiger partial charge in [0, 0.05) is 0 Å². The van der Waals surface area contributed by atoms with E-state index in [0.29, 0.717) is 5.88 Å². The zero-order valence-electron chi connectivity index (χ0n) is 13.1. The molecule has 0 spiro atoms. The van der Waals surface area contributed by atoms with Crippen LogP contribution in [0.5, 0.6) is 11.6 Å². The molecule has 1 aliphatic rings. The molecule has 0 amide bonds. The summed E-state index contributed by atoms with van der Waals surface area (Å²) >= 11 is 0. The third kappa shape index (κ3) is 2.39. The summed E-state index contributed by atoms with van der Waals surface area (Å²) < 4.78 is 5.55. The smallest absolute Gasteiger partial charge is 0.244 e. The maximum Gasteiger partial charge on any atom is 0.244 e. The first-order chi connectivity index (χ1) is 12.2. The first-order valence-corrected chi connectivity index (χ1v) is 7.69. The summed E-state index contributed by atoms with van der Waals surface area (Å²) in [4.78, 5) is 0. The highest BCUT2D eigenvalue weighted by Crippen LogP contribution is 2.45. The Morgan fingerprint density at radius 3 is 2.68 bits per heavy atom. The minimum absolute atomic E-state index is 0.0226. The second kappa shape index (κ2) is 5.73. The SMILES string of the molecule is N#CC1=C(N)Oc2n[nH]c(-c3ccccc3)c2[C@H]1c1cccc(O)c1. The Morgan fingerprint density at radius 1 is 1.16 bits per heavy atom. The van der Waals surface area contributed by atoms with Crippen molar-refractivity contribution in [3.05, 3.63) is 77.2 Å². The predicted molar refractivity (Wildman–Crippen MR) is 91.4 cm³/mol. The van der Waals surface area contributed by atoms with Crippen molar-refractivity contribution >= 4 is 0 Å². The van der Waals surface area contributed by atoms with E-state index in [2.05, 4.69) is 16.3 Å². The highest BCUT2D eigenvalue weighted by molar-refractivity contribution is 5.70. The van der Waals surface area contributed by atoms with Gasteiger partial charge in [0.1, 0.15) is 17.4 Å². The van der Waals surface area contributed by atoms with E-state index in [-0.39, 0.29) is 17.2 Å². The average Bonchev–Trinajstić information content (AvgIpc) is 3.04. The third-order valence-electron chi connectivity index (χ3n) is 4.20. The molecule has 1 atom stereocenters. The normalized spacial score (nSPS) is 16.0. The number of H-pyrrole nitrogens is 1. The number of benzene rings is 2. The molecule has 0 saturated heterocycles. The summed E-state index contributed by atoms with van der Waals surface area (Å²) in [6.45, 7) is 0. The Hall–Kier alpha value is -3.72. The number of nitrogens with two attached hydrogens (primary N) is 1. The van der Waals surface area contributed by atoms with E-state index >= 15 is 0 Å². The van der Waals surface area contributed by atoms with Gasteiger partial charge in [-0.1, -0.05) is 42.5 Å². The number of nitrogens with one attached hydrogen (secondary N) is 1. The van der Waals surface area contributed by atoms with Gasteiger partial charge in [0.05, 0.1) is 17.2 Å². The van der Waals surface area contributed by atoms with E-state index in [1.165, 1.54) is 0 Å². The van der Waals surface area contributed by atoms with Crippen molar-refractivity contribution in [3.63, 3.8) is 0 Å². The molecule has 0 fully saturated rings. The standard InChI is InChI=1S/C19H14N4O2/c20-10-14-15(12-7-4-8-13(24)9-12)16-17(11-5-2-1-3-6-11)22-23-19(16)25-18(14)21/h1-9,15,24H,21H2,(H,22,23)/t15-/m0/s1. The number of aromatic amines is 1. The van der Waals surface area contributed by atoms with Crippen LogP contribution in [0.3, 0.4) is 0 Å². The predicted octanol–water partition coefficient (Wildman–Crippen LogP) is 3.00. The number of ether oxygens (including phenoxy) is 1. The van der Waals surface area contributed by atoms with Crippen LogP contribution in [0.15, 0.2) is 66.1 Å². The lowest BCUT2D eigenvalue weighted by atomic mass is 9.83. The fourth-order valence-corrected chi connectivity index (χ4v) is 3.11. The van der Waals surface area contributed by atoms with Crippen molar-refractivity contribution in [1.82, 2.24) is 10.2 Å². The van der Waals surface area contributed by atoms with E-state index in [9.17, 15) is 10.4 Å². The van der Waals surface area contributed by atoms with Gasteiger partial charge in [0.15, 0.2) is 0 Å². The van der Waals surface area contributed by atoms with E-state index < -0.39 is 5.92 Å². The quantitative estimate of drug-likeness (QED) is 0.669. The van der Waals surface area contributed by atoms with Gasteiger partial charge < -0.3 is 15.6 Å². The lowest BCUT2D eigenvalue weighted by Gasteiger charge is -2.24. The number of nitriles is 1. The molecule has 0 bridgehead atoms. The Kier molecular flexibility index (Phi) is 3.40. The molecule has 6 nitrogen and oxygen atoms in total. The van der Waals surface area contributed by atoms with E-state index in [1.54, 1.807) is 18.2 Å². The number of aromatic nitrogens is 2. The highest BCUT2D eigenvalue weighted by Gasteiger charge is 2.35. The zero-order valence-corrected chi connectivity index (χ0v) is 13.1. The topological polar surface area (TPSA) is 108 Å². The van der Waals surface area contributed by atoms with Crippen LogP contribution in [0.2, 0.25) is 0 Å². The number of aromatic hydroxyl groups is 1. The lowest BCUT2D eigenvalue weighted by Crippen LogP contribution is -2.20. The molecular formula is C19H14N4O2. The second-order valence-corrected chi connectivity index (χ2v) is 5.70. The lowest BCUT2D eigenvalue weighted by molar-refractivity contribution is 0.378. The molecule has 0 unspecified atom stereocenters. The van der Waals surface area contributed by atoms with Gasteiger partial charge in [-0.15, -0.1) is 5.10 Å². The number of phenols is 1. The Balaban J connectivity index is 1.97. The van der Waals surface area contributed by atoms with E-state index in [4.69, 9.17) is 10.5 Å². The molecule has 4 N–H and O–H groups in total. The average molecular weight is 330 g/mol. The number of allylic oxidation sites excluding steroid dienone is 1. The number of hydrogen-bond donors (Lipinski definition) is 3. The van der Waals surface area contributed by atoms with Crippen molar-refractivity contribution in [2.24, 2.45) is 5.73 Å². The fraction of sp³-hybridized carbons (Fsp3) is 0.0526. The van der Waals surface area contributed by atoms with E-state index in [1.807, 2.05) is 36.4 Å². The number of nitrogens with zero attached hydrogens (tertiary/aromatic N) is 2. The minimum Gasteiger partial charge on any atom is -0.508 e. The maximum atomic E-state index is 9.87. The van der Waals surface area contributed by atoms with Crippen molar-refractivity contribution < 1.29 is 9.84 Å². The molecule has 1 aromatic heterocycles. The molecule has 2 heterocycles. The second-order valence-electron chi connectivity index (χ2n) is 5.70. The van der Waals surface area contributed by atoms with Gasteiger partial charge in [-0.2, -0.15) is 5.26 Å². The first kappa shape index (κ1) is 14.8. The van der Waals surface area contributed by atoms with Gasteiger partial charge in [0.2, 0.25) is 11.8 Å². The molecule has 0 aliphatic carbocycles. The molecule has 3 aromatic rings. The first-order valence-electron chi connectivity index (χ1n) is 7.69. The van der Waals surface area contributed by atoms with Crippen LogP contribution in [0, 0.1) is 11.3 Å². The molecule has 2 aromatic carbocycles. The monoisotopic (exact) mass is 330 g/mol. The third-order valence-corrected chi connectivity index (χ3v) is 4.20. The summed E-state index contributed by atoms with van der Waals surface area (Å²) in [5.74, 6) is -0.000819. The van der Waals surface area contributed by atoms with Crippen molar-refractivity contribution in [1.29, 1.82) is 5.26 Å². The van der Waals surface area contributed by atoms with Crippen LogP contribution >= 0.6 is 0 Å². The van der Waals surface area contributed by atoms with Crippen LogP contribution in [0.1, 0.15) is 17.0 Å². The summed E-state index contributed by atoms with van der Waals surface area (Å²) in [5.41, 5.74) is 9.36. The van der Waals surface area contributed by atoms with Crippen LogP contribution in [0.25, 0.3) is 11.3 Å². The molecule has 25 heavy (non-hydrogen) atoms. The van der Waals surface area contributed by atoms with Crippen molar-refractivity contribution in [3.8, 4) is 29.0 Å². The highest BCUT2D eigenvalue weighted by atomic mass is 16.5. The van der Waals surface area contributed by atoms with Crippen molar-refractivity contribution in [2.45, 2.75) is 5.92 Å². The number of phenolic OH excluding ortho intramolecular Hbond substituents is 1. The molecule has 6 heteroatoms. The summed E-state index contributed by atoms with van der Waals surface area (Å²) in [6, 6.07) is 18.6. The number of fused-ring (bicyclic) bond motifs is 1. The summed E-state index contributed by atoms with van der Waals surface area (Å²) in [7, 11) is 0. The van der Waals surface area contributed by atoms with Crippen LogP contribution in [-0.2, 0) is 0 Å². The zero-order chi connectivity index (χ0) is 17.4. The molecular weight excluding hydrogens is 316 g/mol. The van der Waals surface area contributed by atoms with E-state index in [0.717, 1.165) is 22.4 Å². The van der Waals surface area contributed by atoms with Crippen LogP contribution in [-0.4, -0.2) is 15.3 Å². The number of hydrogen-bond acceptors (Lipinski definition) is 5. The minimum atomic E-state index is -0.477.